The molecule has 2 aliphatic heterocycles. The van der Waals surface area contributed by atoms with Crippen molar-refractivity contribution in [3.63, 3.8) is 0 Å². The molecular formula is C27H33N3O2. The predicted molar refractivity (Wildman–Crippen MR) is 127 cm³/mol. The molecule has 3 aliphatic rings. The van der Waals surface area contributed by atoms with E-state index in [0.717, 1.165) is 61.4 Å². The number of hydrogen-bond donors (Lipinski definition) is 1. The van der Waals surface area contributed by atoms with Gasteiger partial charge in [0.2, 0.25) is 0 Å². The van der Waals surface area contributed by atoms with Crippen molar-refractivity contribution in [2.75, 3.05) is 32.7 Å². The van der Waals surface area contributed by atoms with Crippen molar-refractivity contribution < 1.29 is 9.59 Å². The standard InChI is InChI=1S/C27H33N3O2/c1-19-3-2-13-29(19)15-16-30-14-12-24-17-23(10-11-25(24)27(30)32)21-6-8-22(9-7-21)26(31)28-18-20-4-5-20/h6-11,17,19-20H,2-5,12-16,18H2,1H3,(H,28,31)/t19-/m1/s1. The van der Waals surface area contributed by atoms with E-state index >= 15 is 0 Å². The first-order valence-electron chi connectivity index (χ1n) is 12.1. The zero-order valence-electron chi connectivity index (χ0n) is 19.0. The number of amides is 2. The Morgan fingerprint density at radius 3 is 2.50 bits per heavy atom. The number of fused-ring (bicyclic) bond motifs is 1. The van der Waals surface area contributed by atoms with Crippen molar-refractivity contribution in [2.24, 2.45) is 5.92 Å². The van der Waals surface area contributed by atoms with Crippen molar-refractivity contribution in [2.45, 2.75) is 45.1 Å². The smallest absolute Gasteiger partial charge is 0.254 e. The van der Waals surface area contributed by atoms with Gasteiger partial charge in [0.05, 0.1) is 0 Å². The van der Waals surface area contributed by atoms with Crippen LogP contribution in [0.25, 0.3) is 11.1 Å². The van der Waals surface area contributed by atoms with E-state index in [9.17, 15) is 9.59 Å². The maximum Gasteiger partial charge on any atom is 0.254 e. The van der Waals surface area contributed by atoms with Crippen LogP contribution in [-0.4, -0.2) is 60.4 Å². The van der Waals surface area contributed by atoms with E-state index in [1.165, 1.54) is 25.7 Å². The predicted octanol–water partition coefficient (Wildman–Crippen LogP) is 3.98. The van der Waals surface area contributed by atoms with Crippen LogP contribution in [0.1, 0.15) is 58.9 Å². The van der Waals surface area contributed by atoms with E-state index in [4.69, 9.17) is 0 Å². The molecule has 0 aromatic heterocycles. The highest BCUT2D eigenvalue weighted by Crippen LogP contribution is 2.28. The Morgan fingerprint density at radius 1 is 1.00 bits per heavy atom. The van der Waals surface area contributed by atoms with E-state index in [1.54, 1.807) is 0 Å². The van der Waals surface area contributed by atoms with Crippen LogP contribution in [-0.2, 0) is 6.42 Å². The second-order valence-corrected chi connectivity index (χ2v) is 9.67. The van der Waals surface area contributed by atoms with Crippen molar-refractivity contribution in [3.05, 3.63) is 59.2 Å². The Hall–Kier alpha value is -2.66. The van der Waals surface area contributed by atoms with Gasteiger partial charge < -0.3 is 10.2 Å². The van der Waals surface area contributed by atoms with Crippen LogP contribution in [0.2, 0.25) is 0 Å². The average Bonchev–Trinajstić information content (AvgIpc) is 3.57. The minimum atomic E-state index is 0.00269. The number of likely N-dealkylation sites (tertiary alicyclic amines) is 1. The average molecular weight is 432 g/mol. The van der Waals surface area contributed by atoms with Crippen molar-refractivity contribution in [1.29, 1.82) is 0 Å². The third-order valence-electron chi connectivity index (χ3n) is 7.35. The summed E-state index contributed by atoms with van der Waals surface area (Å²) in [6.07, 6.45) is 5.90. The summed E-state index contributed by atoms with van der Waals surface area (Å²) in [5, 5.41) is 3.02. The van der Waals surface area contributed by atoms with Crippen LogP contribution in [0.3, 0.4) is 0 Å². The van der Waals surface area contributed by atoms with Gasteiger partial charge >= 0.3 is 0 Å². The van der Waals surface area contributed by atoms with Gasteiger partial charge in [0.25, 0.3) is 11.8 Å². The number of carbonyl (C=O) groups is 2. The van der Waals surface area contributed by atoms with E-state index in [-0.39, 0.29) is 11.8 Å². The van der Waals surface area contributed by atoms with Crippen molar-refractivity contribution in [1.82, 2.24) is 15.1 Å². The molecule has 1 saturated carbocycles. The Morgan fingerprint density at radius 2 is 1.78 bits per heavy atom. The van der Waals surface area contributed by atoms with Crippen molar-refractivity contribution in [3.8, 4) is 11.1 Å². The van der Waals surface area contributed by atoms with Crippen LogP contribution < -0.4 is 5.32 Å². The summed E-state index contributed by atoms with van der Waals surface area (Å²) in [7, 11) is 0. The molecule has 0 radical (unpaired) electrons. The number of hydrogen-bond acceptors (Lipinski definition) is 3. The fraction of sp³-hybridized carbons (Fsp3) is 0.481. The quantitative estimate of drug-likeness (QED) is 0.722. The molecule has 2 aromatic rings. The fourth-order valence-electron chi connectivity index (χ4n) is 4.98. The molecule has 5 nitrogen and oxygen atoms in total. The van der Waals surface area contributed by atoms with E-state index < -0.39 is 0 Å². The van der Waals surface area contributed by atoms with Crippen LogP contribution in [0.4, 0.5) is 0 Å². The Kier molecular flexibility index (Phi) is 6.01. The molecule has 0 unspecified atom stereocenters. The minimum Gasteiger partial charge on any atom is -0.352 e. The molecule has 5 heteroatoms. The second kappa shape index (κ2) is 9.07. The largest absolute Gasteiger partial charge is 0.352 e. The SMILES string of the molecule is C[C@@H]1CCCN1CCN1CCc2cc(-c3ccc(C(=O)NCC4CC4)cc3)ccc2C1=O. The monoisotopic (exact) mass is 431 g/mol. The van der Waals surface area contributed by atoms with Crippen LogP contribution in [0, 0.1) is 5.92 Å². The molecule has 1 saturated heterocycles. The maximum absolute atomic E-state index is 13.0. The molecule has 1 aliphatic carbocycles. The number of benzene rings is 2. The molecule has 1 atom stereocenters. The first kappa shape index (κ1) is 21.2. The molecule has 2 aromatic carbocycles. The molecule has 0 spiro atoms. The lowest BCUT2D eigenvalue weighted by Crippen LogP contribution is -2.43. The summed E-state index contributed by atoms with van der Waals surface area (Å²) in [6, 6.07) is 14.6. The summed E-state index contributed by atoms with van der Waals surface area (Å²) in [5.41, 5.74) is 4.84. The van der Waals surface area contributed by atoms with Crippen LogP contribution >= 0.6 is 0 Å². The third kappa shape index (κ3) is 4.58. The van der Waals surface area contributed by atoms with E-state index in [0.29, 0.717) is 17.5 Å². The van der Waals surface area contributed by atoms with Crippen LogP contribution in [0.5, 0.6) is 0 Å². The van der Waals surface area contributed by atoms with Gasteiger partial charge in [-0.3, -0.25) is 14.5 Å². The highest BCUT2D eigenvalue weighted by molar-refractivity contribution is 5.97. The van der Waals surface area contributed by atoms with Gasteiger partial charge in [0, 0.05) is 43.3 Å². The number of nitrogens with one attached hydrogen (secondary N) is 1. The molecule has 1 N–H and O–H groups in total. The molecule has 32 heavy (non-hydrogen) atoms. The molecule has 0 bridgehead atoms. The number of carbonyl (C=O) groups excluding carboxylic acids is 2. The first-order chi connectivity index (χ1) is 15.6. The second-order valence-electron chi connectivity index (χ2n) is 9.67. The summed E-state index contributed by atoms with van der Waals surface area (Å²) in [5.74, 6) is 0.839. The Labute approximate surface area is 190 Å². The Bertz CT molecular complexity index is 996. The van der Waals surface area contributed by atoms with Gasteiger partial charge in [0.1, 0.15) is 0 Å². The lowest BCUT2D eigenvalue weighted by Gasteiger charge is -2.31. The van der Waals surface area contributed by atoms with Crippen molar-refractivity contribution >= 4 is 11.8 Å². The number of rotatable bonds is 7. The Balaban J connectivity index is 1.23. The highest BCUT2D eigenvalue weighted by Gasteiger charge is 2.27. The summed E-state index contributed by atoms with van der Waals surface area (Å²) in [4.78, 5) is 29.8. The highest BCUT2D eigenvalue weighted by atomic mass is 16.2. The van der Waals surface area contributed by atoms with Gasteiger partial charge in [-0.15, -0.1) is 0 Å². The van der Waals surface area contributed by atoms with Gasteiger partial charge in [0.15, 0.2) is 0 Å². The van der Waals surface area contributed by atoms with Crippen LogP contribution in [0.15, 0.2) is 42.5 Å². The molecule has 2 fully saturated rings. The van der Waals surface area contributed by atoms with Gasteiger partial charge in [-0.2, -0.15) is 0 Å². The zero-order valence-corrected chi connectivity index (χ0v) is 19.0. The molecule has 2 amide bonds. The lowest BCUT2D eigenvalue weighted by molar-refractivity contribution is 0.0716. The molecule has 168 valence electrons. The molecule has 2 heterocycles. The van der Waals surface area contributed by atoms with E-state index in [2.05, 4.69) is 23.2 Å². The summed E-state index contributed by atoms with van der Waals surface area (Å²) >= 11 is 0. The fourth-order valence-corrected chi connectivity index (χ4v) is 4.98. The van der Waals surface area contributed by atoms with Gasteiger partial charge in [-0.25, -0.2) is 0 Å². The summed E-state index contributed by atoms with van der Waals surface area (Å²) < 4.78 is 0. The third-order valence-corrected chi connectivity index (χ3v) is 7.35. The van der Waals surface area contributed by atoms with Gasteiger partial charge in [-0.05, 0) is 86.4 Å². The maximum atomic E-state index is 13.0. The topological polar surface area (TPSA) is 52.6 Å². The van der Waals surface area contributed by atoms with E-state index in [1.807, 2.05) is 41.3 Å². The number of nitrogens with zero attached hydrogens (tertiary/aromatic N) is 2. The lowest BCUT2D eigenvalue weighted by atomic mass is 9.93. The summed E-state index contributed by atoms with van der Waals surface area (Å²) in [6.45, 7) is 6.81. The molecule has 5 rings (SSSR count). The minimum absolute atomic E-state index is 0.00269. The zero-order chi connectivity index (χ0) is 22.1. The normalized spacial score (nSPS) is 21.0. The molecular weight excluding hydrogens is 398 g/mol. The first-order valence-corrected chi connectivity index (χ1v) is 12.1. The van der Waals surface area contributed by atoms with Gasteiger partial charge in [-0.1, -0.05) is 24.3 Å².